The van der Waals surface area contributed by atoms with Gasteiger partial charge >= 0.3 is 0 Å². The van der Waals surface area contributed by atoms with Gasteiger partial charge in [-0.2, -0.15) is 4.72 Å². The van der Waals surface area contributed by atoms with Gasteiger partial charge in [-0.3, -0.25) is 4.79 Å². The van der Waals surface area contributed by atoms with E-state index >= 15 is 0 Å². The highest BCUT2D eigenvalue weighted by Crippen LogP contribution is 2.21. The van der Waals surface area contributed by atoms with Crippen LogP contribution in [0.2, 0.25) is 0 Å². The summed E-state index contributed by atoms with van der Waals surface area (Å²) < 4.78 is 32.7. The van der Waals surface area contributed by atoms with Crippen molar-refractivity contribution in [1.82, 2.24) is 10.0 Å². The summed E-state index contributed by atoms with van der Waals surface area (Å²) in [4.78, 5) is 12.1. The van der Waals surface area contributed by atoms with Crippen molar-refractivity contribution in [3.05, 3.63) is 23.8 Å². The molecule has 0 saturated heterocycles. The van der Waals surface area contributed by atoms with E-state index in [1.807, 2.05) is 6.92 Å². The maximum Gasteiger partial charge on any atom is 0.241 e. The summed E-state index contributed by atoms with van der Waals surface area (Å²) in [5.41, 5.74) is 0.730. The van der Waals surface area contributed by atoms with E-state index in [1.165, 1.54) is 19.1 Å². The molecule has 0 aliphatic rings. The van der Waals surface area contributed by atoms with Crippen LogP contribution in [-0.4, -0.2) is 33.5 Å². The fourth-order valence-electron chi connectivity index (χ4n) is 2.10. The van der Waals surface area contributed by atoms with Gasteiger partial charge in [0.25, 0.3) is 0 Å². The first-order valence-corrected chi connectivity index (χ1v) is 9.69. The number of carbonyl (C=O) groups is 1. The van der Waals surface area contributed by atoms with Gasteiger partial charge < -0.3 is 10.1 Å². The van der Waals surface area contributed by atoms with Crippen molar-refractivity contribution >= 4 is 15.9 Å². The van der Waals surface area contributed by atoms with Gasteiger partial charge in [-0.1, -0.05) is 13.8 Å². The molecule has 2 N–H and O–H groups in total. The molecule has 0 bridgehead atoms. The molecule has 136 valence electrons. The highest BCUT2D eigenvalue weighted by atomic mass is 32.2. The molecule has 0 fully saturated rings. The van der Waals surface area contributed by atoms with E-state index < -0.39 is 16.1 Å². The first kappa shape index (κ1) is 20.4. The Balaban J connectivity index is 2.74. The Kier molecular flexibility index (Phi) is 7.69. The minimum atomic E-state index is -3.77. The van der Waals surface area contributed by atoms with Crippen molar-refractivity contribution in [3.63, 3.8) is 0 Å². The van der Waals surface area contributed by atoms with Gasteiger partial charge in [-0.25, -0.2) is 8.42 Å². The molecule has 1 rings (SSSR count). The summed E-state index contributed by atoms with van der Waals surface area (Å²) in [6.07, 6.45) is 0.850. The maximum absolute atomic E-state index is 12.4. The van der Waals surface area contributed by atoms with Crippen molar-refractivity contribution in [2.24, 2.45) is 5.92 Å². The quantitative estimate of drug-likeness (QED) is 0.710. The number of hydrogen-bond donors (Lipinski definition) is 2. The number of amides is 1. The molecule has 1 aromatic carbocycles. The molecular formula is C17H28N2O4S. The summed E-state index contributed by atoms with van der Waals surface area (Å²) in [7, 11) is -3.77. The number of nitrogens with one attached hydrogen (secondary N) is 2. The summed E-state index contributed by atoms with van der Waals surface area (Å²) in [6.45, 7) is 10.4. The Labute approximate surface area is 145 Å². The third-order valence-corrected chi connectivity index (χ3v) is 5.04. The van der Waals surface area contributed by atoms with Gasteiger partial charge in [0.1, 0.15) is 5.75 Å². The molecular weight excluding hydrogens is 328 g/mol. The Bertz CT molecular complexity index is 657. The van der Waals surface area contributed by atoms with E-state index in [0.717, 1.165) is 12.0 Å². The highest BCUT2D eigenvalue weighted by molar-refractivity contribution is 7.89. The van der Waals surface area contributed by atoms with Crippen molar-refractivity contribution in [2.75, 3.05) is 13.2 Å². The molecule has 24 heavy (non-hydrogen) atoms. The van der Waals surface area contributed by atoms with Gasteiger partial charge in [0.2, 0.25) is 15.9 Å². The Morgan fingerprint density at radius 2 is 1.92 bits per heavy atom. The van der Waals surface area contributed by atoms with Crippen LogP contribution >= 0.6 is 0 Å². The van der Waals surface area contributed by atoms with Crippen LogP contribution < -0.4 is 14.8 Å². The van der Waals surface area contributed by atoms with Gasteiger partial charge in [0, 0.05) is 6.54 Å². The number of rotatable bonds is 9. The number of sulfonamides is 1. The topological polar surface area (TPSA) is 84.5 Å². The molecule has 0 spiro atoms. The molecule has 1 atom stereocenters. The number of benzene rings is 1. The summed E-state index contributed by atoms with van der Waals surface area (Å²) >= 11 is 0. The molecule has 1 aromatic rings. The van der Waals surface area contributed by atoms with Crippen LogP contribution in [0.1, 0.15) is 39.7 Å². The van der Waals surface area contributed by atoms with E-state index in [1.54, 1.807) is 13.0 Å². The van der Waals surface area contributed by atoms with Crippen LogP contribution in [0, 0.1) is 12.8 Å². The van der Waals surface area contributed by atoms with E-state index in [2.05, 4.69) is 23.9 Å². The molecule has 0 saturated carbocycles. The van der Waals surface area contributed by atoms with Crippen molar-refractivity contribution in [3.8, 4) is 5.75 Å². The molecule has 0 radical (unpaired) electrons. The average Bonchev–Trinajstić information content (AvgIpc) is 2.48. The van der Waals surface area contributed by atoms with Crippen LogP contribution in [0.15, 0.2) is 23.1 Å². The van der Waals surface area contributed by atoms with E-state index in [4.69, 9.17) is 4.74 Å². The third-order valence-electron chi connectivity index (χ3n) is 3.50. The van der Waals surface area contributed by atoms with Crippen LogP contribution in [0.4, 0.5) is 0 Å². The first-order chi connectivity index (χ1) is 11.2. The van der Waals surface area contributed by atoms with Crippen LogP contribution in [0.5, 0.6) is 5.75 Å². The van der Waals surface area contributed by atoms with Crippen molar-refractivity contribution in [1.29, 1.82) is 0 Å². The number of aryl methyl sites for hydroxylation is 1. The smallest absolute Gasteiger partial charge is 0.241 e. The largest absolute Gasteiger partial charge is 0.494 e. The number of hydrogen-bond acceptors (Lipinski definition) is 4. The van der Waals surface area contributed by atoms with E-state index in [9.17, 15) is 13.2 Å². The van der Waals surface area contributed by atoms with Crippen molar-refractivity contribution in [2.45, 2.75) is 52.0 Å². The van der Waals surface area contributed by atoms with Gasteiger partial charge in [0.05, 0.1) is 17.5 Å². The van der Waals surface area contributed by atoms with Crippen LogP contribution in [-0.2, 0) is 14.8 Å². The Morgan fingerprint density at radius 1 is 1.25 bits per heavy atom. The van der Waals surface area contributed by atoms with E-state index in [0.29, 0.717) is 24.8 Å². The molecule has 0 heterocycles. The first-order valence-electron chi connectivity index (χ1n) is 8.20. The predicted octanol–water partition coefficient (Wildman–Crippen LogP) is 2.22. The molecule has 6 nitrogen and oxygen atoms in total. The standard InChI is InChI=1S/C17H28N2O4S/c1-6-23-16-8-7-15(11-13(16)4)24(21,22)19-14(5)17(20)18-10-9-12(2)3/h7-8,11-12,14,19H,6,9-10H2,1-5H3,(H,18,20)/t14-/m0/s1. The van der Waals surface area contributed by atoms with Gasteiger partial charge in [0.15, 0.2) is 0 Å². The highest BCUT2D eigenvalue weighted by Gasteiger charge is 2.22. The monoisotopic (exact) mass is 356 g/mol. The molecule has 7 heteroatoms. The average molecular weight is 356 g/mol. The molecule has 1 amide bonds. The fraction of sp³-hybridized carbons (Fsp3) is 0.588. The Hall–Kier alpha value is -1.60. The number of carbonyl (C=O) groups excluding carboxylic acids is 1. The van der Waals surface area contributed by atoms with Crippen LogP contribution in [0.3, 0.4) is 0 Å². The zero-order valence-electron chi connectivity index (χ0n) is 15.0. The minimum absolute atomic E-state index is 0.116. The second-order valence-corrected chi connectivity index (χ2v) is 7.89. The Morgan fingerprint density at radius 3 is 2.46 bits per heavy atom. The molecule has 0 unspecified atom stereocenters. The lowest BCUT2D eigenvalue weighted by Gasteiger charge is -2.16. The molecule has 0 aliphatic heterocycles. The molecule has 0 aliphatic carbocycles. The van der Waals surface area contributed by atoms with E-state index in [-0.39, 0.29) is 10.8 Å². The van der Waals surface area contributed by atoms with Gasteiger partial charge in [-0.15, -0.1) is 0 Å². The second kappa shape index (κ2) is 9.03. The minimum Gasteiger partial charge on any atom is -0.494 e. The predicted molar refractivity (Wildman–Crippen MR) is 94.6 cm³/mol. The van der Waals surface area contributed by atoms with Crippen molar-refractivity contribution < 1.29 is 17.9 Å². The van der Waals surface area contributed by atoms with Crippen LogP contribution in [0.25, 0.3) is 0 Å². The lowest BCUT2D eigenvalue weighted by atomic mass is 10.1. The molecule has 0 aromatic heterocycles. The number of ether oxygens (including phenoxy) is 1. The fourth-order valence-corrected chi connectivity index (χ4v) is 3.39. The summed E-state index contributed by atoms with van der Waals surface area (Å²) in [5.74, 6) is 0.793. The lowest BCUT2D eigenvalue weighted by Crippen LogP contribution is -2.45. The third kappa shape index (κ3) is 6.13. The summed E-state index contributed by atoms with van der Waals surface area (Å²) in [5, 5.41) is 2.74. The summed E-state index contributed by atoms with van der Waals surface area (Å²) in [6, 6.07) is 3.80. The second-order valence-electron chi connectivity index (χ2n) is 6.18. The lowest BCUT2D eigenvalue weighted by molar-refractivity contribution is -0.122. The zero-order chi connectivity index (χ0) is 18.3. The SMILES string of the molecule is CCOc1ccc(S(=O)(=O)N[C@@H](C)C(=O)NCCC(C)C)cc1C. The normalized spacial score (nSPS) is 12.9. The zero-order valence-corrected chi connectivity index (χ0v) is 15.9. The maximum atomic E-state index is 12.4. The van der Waals surface area contributed by atoms with Gasteiger partial charge in [-0.05, 0) is 56.9 Å².